The molecule has 0 saturated carbocycles. The van der Waals surface area contributed by atoms with E-state index in [-0.39, 0.29) is 18.1 Å². The molecule has 0 N–H and O–H groups in total. The zero-order chi connectivity index (χ0) is 18.7. The van der Waals surface area contributed by atoms with Gasteiger partial charge in [0.15, 0.2) is 0 Å². The number of rotatable bonds is 5. The van der Waals surface area contributed by atoms with E-state index in [4.69, 9.17) is 0 Å². The van der Waals surface area contributed by atoms with E-state index in [1.54, 1.807) is 11.8 Å². The van der Waals surface area contributed by atoms with Crippen molar-refractivity contribution in [1.82, 2.24) is 19.6 Å². The Morgan fingerprint density at radius 3 is 2.50 bits per heavy atom. The molecule has 2 heterocycles. The molecule has 0 spiro atoms. The van der Waals surface area contributed by atoms with Crippen LogP contribution in [0.25, 0.3) is 0 Å². The summed E-state index contributed by atoms with van der Waals surface area (Å²) in [4.78, 5) is 16.6. The van der Waals surface area contributed by atoms with Crippen LogP contribution in [0.5, 0.6) is 0 Å². The fourth-order valence-corrected chi connectivity index (χ4v) is 3.25. The standard InChI is InChI=1S/C19H24F2N4O/c1-14-4-3-5-16(10-14)12-23-6-8-24(9-7-23)18(26)13-25-15(2)11-17(22-25)19(20)21/h3-5,10-11,19H,6-9,12-13H2,1-2H3. The van der Waals surface area contributed by atoms with Gasteiger partial charge in [-0.05, 0) is 25.5 Å². The van der Waals surface area contributed by atoms with Crippen LogP contribution in [0.1, 0.15) is 28.9 Å². The second-order valence-corrected chi connectivity index (χ2v) is 6.81. The Kier molecular flexibility index (Phi) is 5.66. The van der Waals surface area contributed by atoms with Gasteiger partial charge in [0.2, 0.25) is 5.91 Å². The van der Waals surface area contributed by atoms with Crippen LogP contribution in [0.3, 0.4) is 0 Å². The highest BCUT2D eigenvalue weighted by molar-refractivity contribution is 5.76. The summed E-state index contributed by atoms with van der Waals surface area (Å²) >= 11 is 0. The lowest BCUT2D eigenvalue weighted by Crippen LogP contribution is -2.49. The van der Waals surface area contributed by atoms with Gasteiger partial charge >= 0.3 is 0 Å². The molecule has 1 aromatic heterocycles. The molecule has 0 atom stereocenters. The zero-order valence-electron chi connectivity index (χ0n) is 15.2. The highest BCUT2D eigenvalue weighted by atomic mass is 19.3. The summed E-state index contributed by atoms with van der Waals surface area (Å²) in [6.45, 7) is 7.55. The minimum Gasteiger partial charge on any atom is -0.339 e. The maximum absolute atomic E-state index is 12.7. The largest absolute Gasteiger partial charge is 0.339 e. The van der Waals surface area contributed by atoms with Crippen LogP contribution in [-0.2, 0) is 17.9 Å². The molecule has 1 aromatic carbocycles. The second-order valence-electron chi connectivity index (χ2n) is 6.81. The first-order valence-electron chi connectivity index (χ1n) is 8.80. The quantitative estimate of drug-likeness (QED) is 0.821. The van der Waals surface area contributed by atoms with Gasteiger partial charge in [-0.25, -0.2) is 8.78 Å². The topological polar surface area (TPSA) is 41.4 Å². The molecule has 1 aliphatic heterocycles. The number of carbonyl (C=O) groups is 1. The fourth-order valence-electron chi connectivity index (χ4n) is 3.25. The normalized spacial score (nSPS) is 15.7. The average molecular weight is 362 g/mol. The number of alkyl halides is 2. The van der Waals surface area contributed by atoms with Crippen molar-refractivity contribution in [3.8, 4) is 0 Å². The SMILES string of the molecule is Cc1cccc(CN2CCN(C(=O)Cn3nc(C(F)F)cc3C)CC2)c1. The van der Waals surface area contributed by atoms with Crippen molar-refractivity contribution >= 4 is 5.91 Å². The molecule has 1 amide bonds. The lowest BCUT2D eigenvalue weighted by atomic mass is 10.1. The number of hydrogen-bond donors (Lipinski definition) is 0. The van der Waals surface area contributed by atoms with Crippen molar-refractivity contribution in [2.75, 3.05) is 26.2 Å². The Morgan fingerprint density at radius 1 is 1.15 bits per heavy atom. The summed E-state index contributed by atoms with van der Waals surface area (Å²) < 4.78 is 26.8. The minimum atomic E-state index is -2.62. The van der Waals surface area contributed by atoms with Crippen LogP contribution in [0.15, 0.2) is 30.3 Å². The maximum Gasteiger partial charge on any atom is 0.282 e. The Labute approximate surface area is 152 Å². The van der Waals surface area contributed by atoms with Crippen molar-refractivity contribution in [2.45, 2.75) is 33.4 Å². The van der Waals surface area contributed by atoms with Gasteiger partial charge in [0.05, 0.1) is 0 Å². The predicted octanol–water partition coefficient (Wildman–Crippen LogP) is 2.78. The third-order valence-electron chi connectivity index (χ3n) is 4.72. The van der Waals surface area contributed by atoms with Crippen molar-refractivity contribution in [1.29, 1.82) is 0 Å². The van der Waals surface area contributed by atoms with E-state index in [2.05, 4.69) is 41.2 Å². The molecule has 3 rings (SSSR count). The van der Waals surface area contributed by atoms with E-state index in [1.807, 2.05) is 0 Å². The molecule has 1 aliphatic rings. The maximum atomic E-state index is 12.7. The van der Waals surface area contributed by atoms with E-state index < -0.39 is 6.43 Å². The average Bonchev–Trinajstić information content (AvgIpc) is 2.96. The third kappa shape index (κ3) is 4.46. The molecule has 0 bridgehead atoms. The highest BCUT2D eigenvalue weighted by Crippen LogP contribution is 2.18. The van der Waals surface area contributed by atoms with Gasteiger partial charge in [0, 0.05) is 38.4 Å². The van der Waals surface area contributed by atoms with Crippen LogP contribution in [0.2, 0.25) is 0 Å². The summed E-state index contributed by atoms with van der Waals surface area (Å²) in [5.41, 5.74) is 2.82. The number of piperazine rings is 1. The van der Waals surface area contributed by atoms with Gasteiger partial charge in [0.1, 0.15) is 12.2 Å². The molecule has 0 unspecified atom stereocenters. The Bertz CT molecular complexity index is 767. The molecule has 1 saturated heterocycles. The number of carbonyl (C=O) groups excluding carboxylic acids is 1. The highest BCUT2D eigenvalue weighted by Gasteiger charge is 2.22. The molecule has 140 valence electrons. The van der Waals surface area contributed by atoms with Crippen molar-refractivity contribution in [2.24, 2.45) is 0 Å². The van der Waals surface area contributed by atoms with E-state index in [9.17, 15) is 13.6 Å². The lowest BCUT2D eigenvalue weighted by molar-refractivity contribution is -0.133. The number of nitrogens with zero attached hydrogens (tertiary/aromatic N) is 4. The van der Waals surface area contributed by atoms with Gasteiger partial charge in [-0.1, -0.05) is 29.8 Å². The number of aromatic nitrogens is 2. The molecular weight excluding hydrogens is 338 g/mol. The number of halogens is 2. The summed E-state index contributed by atoms with van der Waals surface area (Å²) in [7, 11) is 0. The third-order valence-corrected chi connectivity index (χ3v) is 4.72. The second kappa shape index (κ2) is 7.95. The smallest absolute Gasteiger partial charge is 0.282 e. The molecule has 1 fully saturated rings. The number of benzene rings is 1. The van der Waals surface area contributed by atoms with Crippen molar-refractivity contribution in [3.05, 3.63) is 52.8 Å². The van der Waals surface area contributed by atoms with Gasteiger partial charge in [-0.2, -0.15) is 5.10 Å². The number of aryl methyl sites for hydroxylation is 2. The van der Waals surface area contributed by atoms with E-state index >= 15 is 0 Å². The first kappa shape index (κ1) is 18.5. The molecule has 26 heavy (non-hydrogen) atoms. The van der Waals surface area contributed by atoms with Crippen LogP contribution < -0.4 is 0 Å². The van der Waals surface area contributed by atoms with E-state index in [0.717, 1.165) is 19.6 Å². The molecule has 0 aliphatic carbocycles. The minimum absolute atomic E-state index is 0.0104. The van der Waals surface area contributed by atoms with Gasteiger partial charge in [-0.15, -0.1) is 0 Å². The van der Waals surface area contributed by atoms with E-state index in [0.29, 0.717) is 18.8 Å². The van der Waals surface area contributed by atoms with Crippen molar-refractivity contribution in [3.63, 3.8) is 0 Å². The Balaban J connectivity index is 1.52. The predicted molar refractivity (Wildman–Crippen MR) is 95.0 cm³/mol. The van der Waals surface area contributed by atoms with E-state index in [1.165, 1.54) is 21.9 Å². The number of amides is 1. The number of hydrogen-bond acceptors (Lipinski definition) is 3. The Morgan fingerprint density at radius 2 is 1.88 bits per heavy atom. The van der Waals surface area contributed by atoms with Crippen LogP contribution in [-0.4, -0.2) is 51.7 Å². The van der Waals surface area contributed by atoms with Crippen LogP contribution >= 0.6 is 0 Å². The summed E-state index contributed by atoms with van der Waals surface area (Å²) in [5.74, 6) is -0.0766. The molecular formula is C19H24F2N4O. The first-order valence-corrected chi connectivity index (χ1v) is 8.80. The van der Waals surface area contributed by atoms with Gasteiger partial charge in [0.25, 0.3) is 6.43 Å². The fraction of sp³-hybridized carbons (Fsp3) is 0.474. The summed E-state index contributed by atoms with van der Waals surface area (Å²) in [6, 6.07) is 9.77. The lowest BCUT2D eigenvalue weighted by Gasteiger charge is -2.34. The molecule has 5 nitrogen and oxygen atoms in total. The monoisotopic (exact) mass is 362 g/mol. The zero-order valence-corrected chi connectivity index (χ0v) is 15.2. The van der Waals surface area contributed by atoms with Gasteiger partial charge < -0.3 is 4.90 Å². The van der Waals surface area contributed by atoms with Gasteiger partial charge in [-0.3, -0.25) is 14.4 Å². The molecule has 0 radical (unpaired) electrons. The van der Waals surface area contributed by atoms with Crippen molar-refractivity contribution < 1.29 is 13.6 Å². The molecule has 2 aromatic rings. The van der Waals surface area contributed by atoms with Crippen LogP contribution in [0.4, 0.5) is 8.78 Å². The first-order chi connectivity index (χ1) is 12.4. The Hall–Kier alpha value is -2.28. The van der Waals surface area contributed by atoms with Crippen LogP contribution in [0, 0.1) is 13.8 Å². The summed E-state index contributed by atoms with van der Waals surface area (Å²) in [5, 5.41) is 3.83. The summed E-state index contributed by atoms with van der Waals surface area (Å²) in [6.07, 6.45) is -2.62. The molecule has 7 heteroatoms.